The molecule has 2 aliphatic rings. The molecular formula is C11H22N2O2. The number of aliphatic hydroxyl groups excluding tert-OH is 1. The van der Waals surface area contributed by atoms with Crippen LogP contribution in [0.4, 0.5) is 0 Å². The van der Waals surface area contributed by atoms with Gasteiger partial charge in [-0.05, 0) is 12.8 Å². The Morgan fingerprint density at radius 3 is 2.93 bits per heavy atom. The Morgan fingerprint density at radius 2 is 2.20 bits per heavy atom. The molecule has 0 spiro atoms. The molecule has 2 rings (SSSR count). The minimum Gasteiger partial charge on any atom is -0.395 e. The number of morpholine rings is 1. The monoisotopic (exact) mass is 214 g/mol. The SMILES string of the molecule is NCC(CO)N1CCOC2CCCCC21. The third kappa shape index (κ3) is 2.33. The van der Waals surface area contributed by atoms with E-state index in [1.165, 1.54) is 25.7 Å². The van der Waals surface area contributed by atoms with Gasteiger partial charge in [0.2, 0.25) is 0 Å². The average Bonchev–Trinajstić information content (AvgIpc) is 2.31. The van der Waals surface area contributed by atoms with E-state index in [0.29, 0.717) is 18.7 Å². The van der Waals surface area contributed by atoms with Crippen molar-refractivity contribution in [1.29, 1.82) is 0 Å². The van der Waals surface area contributed by atoms with Crippen LogP contribution in [0, 0.1) is 0 Å². The molecule has 3 N–H and O–H groups in total. The van der Waals surface area contributed by atoms with Crippen LogP contribution in [0.2, 0.25) is 0 Å². The molecular weight excluding hydrogens is 192 g/mol. The summed E-state index contributed by atoms with van der Waals surface area (Å²) in [6.07, 6.45) is 5.31. The lowest BCUT2D eigenvalue weighted by Gasteiger charge is -2.46. The van der Waals surface area contributed by atoms with Crippen LogP contribution in [0.1, 0.15) is 25.7 Å². The summed E-state index contributed by atoms with van der Waals surface area (Å²) in [5, 5.41) is 9.31. The Kier molecular flexibility index (Phi) is 3.97. The molecule has 0 aromatic rings. The molecule has 1 heterocycles. The smallest absolute Gasteiger partial charge is 0.0731 e. The van der Waals surface area contributed by atoms with Gasteiger partial charge in [-0.15, -0.1) is 0 Å². The molecule has 2 fully saturated rings. The second-order valence-corrected chi connectivity index (χ2v) is 4.57. The zero-order valence-corrected chi connectivity index (χ0v) is 9.27. The second kappa shape index (κ2) is 5.25. The predicted octanol–water partition coefficient (Wildman–Crippen LogP) is -0.0506. The number of rotatable bonds is 3. The molecule has 4 nitrogen and oxygen atoms in total. The lowest BCUT2D eigenvalue weighted by Crippen LogP contribution is -2.58. The molecule has 3 atom stereocenters. The van der Waals surface area contributed by atoms with E-state index < -0.39 is 0 Å². The molecule has 0 aromatic heterocycles. The molecule has 0 bridgehead atoms. The summed E-state index contributed by atoms with van der Waals surface area (Å²) in [7, 11) is 0. The van der Waals surface area contributed by atoms with Gasteiger partial charge in [0, 0.05) is 25.2 Å². The summed E-state index contributed by atoms with van der Waals surface area (Å²) < 4.78 is 5.79. The van der Waals surface area contributed by atoms with E-state index in [4.69, 9.17) is 10.5 Å². The molecule has 15 heavy (non-hydrogen) atoms. The van der Waals surface area contributed by atoms with Gasteiger partial charge in [0.05, 0.1) is 19.3 Å². The fraction of sp³-hybridized carbons (Fsp3) is 1.00. The number of hydrogen-bond donors (Lipinski definition) is 2. The predicted molar refractivity (Wildman–Crippen MR) is 58.6 cm³/mol. The molecule has 0 radical (unpaired) electrons. The normalized spacial score (nSPS) is 34.8. The van der Waals surface area contributed by atoms with Crippen molar-refractivity contribution in [2.24, 2.45) is 5.73 Å². The van der Waals surface area contributed by atoms with E-state index in [2.05, 4.69) is 4.90 Å². The molecule has 88 valence electrons. The number of hydrogen-bond acceptors (Lipinski definition) is 4. The van der Waals surface area contributed by atoms with E-state index in [-0.39, 0.29) is 12.6 Å². The van der Waals surface area contributed by atoms with Gasteiger partial charge in [-0.3, -0.25) is 4.90 Å². The van der Waals surface area contributed by atoms with Gasteiger partial charge < -0.3 is 15.6 Å². The molecule has 1 aliphatic heterocycles. The molecule has 0 amide bonds. The number of fused-ring (bicyclic) bond motifs is 1. The topological polar surface area (TPSA) is 58.7 Å². The van der Waals surface area contributed by atoms with Gasteiger partial charge in [-0.1, -0.05) is 12.8 Å². The number of aliphatic hydroxyl groups is 1. The quantitative estimate of drug-likeness (QED) is 0.691. The fourth-order valence-electron chi connectivity index (χ4n) is 2.89. The molecule has 1 aliphatic carbocycles. The van der Waals surface area contributed by atoms with Crippen molar-refractivity contribution >= 4 is 0 Å². The Hall–Kier alpha value is -0.160. The maximum Gasteiger partial charge on any atom is 0.0731 e. The zero-order chi connectivity index (χ0) is 10.7. The molecule has 1 saturated heterocycles. The third-order valence-electron chi connectivity index (χ3n) is 3.73. The summed E-state index contributed by atoms with van der Waals surface area (Å²) in [5.41, 5.74) is 5.69. The first-order valence-electron chi connectivity index (χ1n) is 6.05. The van der Waals surface area contributed by atoms with Crippen molar-refractivity contribution < 1.29 is 9.84 Å². The first kappa shape index (κ1) is 11.3. The first-order chi connectivity index (χ1) is 7.36. The highest BCUT2D eigenvalue weighted by Gasteiger charge is 2.36. The highest BCUT2D eigenvalue weighted by atomic mass is 16.5. The van der Waals surface area contributed by atoms with Crippen molar-refractivity contribution in [3.05, 3.63) is 0 Å². The maximum atomic E-state index is 9.31. The van der Waals surface area contributed by atoms with Crippen molar-refractivity contribution in [2.45, 2.75) is 43.9 Å². The van der Waals surface area contributed by atoms with Crippen LogP contribution in [0.15, 0.2) is 0 Å². The van der Waals surface area contributed by atoms with Crippen molar-refractivity contribution in [3.8, 4) is 0 Å². The summed E-state index contributed by atoms with van der Waals surface area (Å²) in [4.78, 5) is 2.37. The molecule has 4 heteroatoms. The fourth-order valence-corrected chi connectivity index (χ4v) is 2.89. The van der Waals surface area contributed by atoms with Gasteiger partial charge in [0.1, 0.15) is 0 Å². The van der Waals surface area contributed by atoms with Crippen molar-refractivity contribution in [3.63, 3.8) is 0 Å². The second-order valence-electron chi connectivity index (χ2n) is 4.57. The lowest BCUT2D eigenvalue weighted by molar-refractivity contribution is -0.106. The molecule has 0 aromatic carbocycles. The molecule has 3 unspecified atom stereocenters. The number of nitrogens with two attached hydrogens (primary N) is 1. The van der Waals surface area contributed by atoms with E-state index in [1.807, 2.05) is 0 Å². The summed E-state index contributed by atoms with van der Waals surface area (Å²) >= 11 is 0. The third-order valence-corrected chi connectivity index (χ3v) is 3.73. The van der Waals surface area contributed by atoms with Crippen molar-refractivity contribution in [1.82, 2.24) is 4.90 Å². The zero-order valence-electron chi connectivity index (χ0n) is 9.27. The Balaban J connectivity index is 2.02. The van der Waals surface area contributed by atoms with Gasteiger partial charge in [0.25, 0.3) is 0 Å². The highest BCUT2D eigenvalue weighted by Crippen LogP contribution is 2.29. The van der Waals surface area contributed by atoms with Gasteiger partial charge in [-0.2, -0.15) is 0 Å². The minimum atomic E-state index is 0.125. The van der Waals surface area contributed by atoms with E-state index in [1.54, 1.807) is 0 Å². The Morgan fingerprint density at radius 1 is 1.40 bits per heavy atom. The number of nitrogens with zero attached hydrogens (tertiary/aromatic N) is 1. The first-order valence-corrected chi connectivity index (χ1v) is 6.05. The summed E-state index contributed by atoms with van der Waals surface area (Å²) in [6, 6.07) is 0.618. The van der Waals surface area contributed by atoms with E-state index in [9.17, 15) is 5.11 Å². The van der Waals surface area contributed by atoms with Gasteiger partial charge in [0.15, 0.2) is 0 Å². The van der Waals surface area contributed by atoms with Gasteiger partial charge >= 0.3 is 0 Å². The maximum absolute atomic E-state index is 9.31. The van der Waals surface area contributed by atoms with Crippen LogP contribution in [-0.4, -0.2) is 54.5 Å². The highest BCUT2D eigenvalue weighted by molar-refractivity contribution is 4.90. The van der Waals surface area contributed by atoms with Crippen LogP contribution in [0.5, 0.6) is 0 Å². The molecule has 1 saturated carbocycles. The minimum absolute atomic E-state index is 0.125. The van der Waals surface area contributed by atoms with Crippen LogP contribution in [-0.2, 0) is 4.74 Å². The lowest BCUT2D eigenvalue weighted by atomic mass is 9.89. The largest absolute Gasteiger partial charge is 0.395 e. The summed E-state index contributed by atoms with van der Waals surface area (Å²) in [6.45, 7) is 2.42. The van der Waals surface area contributed by atoms with Crippen LogP contribution in [0.3, 0.4) is 0 Å². The van der Waals surface area contributed by atoms with E-state index in [0.717, 1.165) is 13.2 Å². The Bertz CT molecular complexity index is 195. The van der Waals surface area contributed by atoms with Crippen LogP contribution < -0.4 is 5.73 Å². The van der Waals surface area contributed by atoms with Crippen molar-refractivity contribution in [2.75, 3.05) is 26.3 Å². The van der Waals surface area contributed by atoms with Crippen LogP contribution in [0.25, 0.3) is 0 Å². The summed E-state index contributed by atoms with van der Waals surface area (Å²) in [5.74, 6) is 0. The standard InChI is InChI=1S/C11H22N2O2/c12-7-9(8-14)13-5-6-15-11-4-2-1-3-10(11)13/h9-11,14H,1-8,12H2. The van der Waals surface area contributed by atoms with Gasteiger partial charge in [-0.25, -0.2) is 0 Å². The average molecular weight is 214 g/mol. The van der Waals surface area contributed by atoms with Crippen LogP contribution >= 0.6 is 0 Å². The van der Waals surface area contributed by atoms with E-state index >= 15 is 0 Å². The Labute approximate surface area is 91.4 Å². The number of ether oxygens (including phenoxy) is 1.